The number of fused-ring (bicyclic) bond motifs is 2. The predicted octanol–water partition coefficient (Wildman–Crippen LogP) is 6.69. The average Bonchev–Trinajstić information content (AvgIpc) is 3.24. The lowest BCUT2D eigenvalue weighted by Gasteiger charge is -2.32. The van der Waals surface area contributed by atoms with E-state index < -0.39 is 5.97 Å². The maximum Gasteiger partial charge on any atom is 0.306 e. The molecule has 6 nitrogen and oxygen atoms in total. The van der Waals surface area contributed by atoms with E-state index in [9.17, 15) is 9.90 Å². The van der Waals surface area contributed by atoms with Crippen molar-refractivity contribution in [2.75, 3.05) is 19.6 Å². The Morgan fingerprint density at radius 1 is 1.17 bits per heavy atom. The number of hydrogen-bond acceptors (Lipinski definition) is 4. The van der Waals surface area contributed by atoms with Crippen molar-refractivity contribution < 1.29 is 14.6 Å². The zero-order valence-corrected chi connectivity index (χ0v) is 22.1. The second-order valence-corrected chi connectivity index (χ2v) is 11.0. The number of aromatic nitrogens is 2. The number of nitrogens with one attached hydrogen (secondary N) is 1. The first-order chi connectivity index (χ1) is 17.3. The minimum atomic E-state index is -0.679. The van der Waals surface area contributed by atoms with Crippen molar-refractivity contribution in [3.63, 3.8) is 0 Å². The highest BCUT2D eigenvalue weighted by atomic mass is 35.5. The summed E-state index contributed by atoms with van der Waals surface area (Å²) in [5.41, 5.74) is 5.39. The Kier molecular flexibility index (Phi) is 7.29. The van der Waals surface area contributed by atoms with Gasteiger partial charge < -0.3 is 9.84 Å². The highest BCUT2D eigenvalue weighted by Gasteiger charge is 2.27. The number of nitrogens with zero attached hydrogens (tertiary/aromatic N) is 2. The van der Waals surface area contributed by atoms with Crippen LogP contribution in [0.25, 0.3) is 15.9 Å². The predicted molar refractivity (Wildman–Crippen MR) is 144 cm³/mol. The molecule has 5 rings (SSSR count). The number of carboxylic acids is 1. The van der Waals surface area contributed by atoms with Gasteiger partial charge >= 0.3 is 5.97 Å². The Hall–Kier alpha value is -2.54. The molecule has 1 aliphatic heterocycles. The third-order valence-electron chi connectivity index (χ3n) is 7.40. The Morgan fingerprint density at radius 2 is 1.94 bits per heavy atom. The number of aromatic amines is 1. The first kappa shape index (κ1) is 25.1. The van der Waals surface area contributed by atoms with Crippen molar-refractivity contribution in [2.45, 2.75) is 45.6 Å². The van der Waals surface area contributed by atoms with Crippen molar-refractivity contribution in [3.8, 4) is 5.75 Å². The monoisotopic (exact) mass is 527 g/mol. The molecule has 2 N–H and O–H groups in total. The Labute approximate surface area is 221 Å². The fourth-order valence-corrected chi connectivity index (χ4v) is 5.85. The first-order valence-corrected chi connectivity index (χ1v) is 13.3. The normalized spacial score (nSPS) is 18.0. The zero-order chi connectivity index (χ0) is 25.4. The molecule has 36 heavy (non-hydrogen) atoms. The summed E-state index contributed by atoms with van der Waals surface area (Å²) in [6.45, 7) is 6.70. The average molecular weight is 528 g/mol. The van der Waals surface area contributed by atoms with E-state index in [0.29, 0.717) is 18.0 Å². The molecule has 2 aromatic carbocycles. The summed E-state index contributed by atoms with van der Waals surface area (Å²) in [5, 5.41) is 18.5. The van der Waals surface area contributed by atoms with Gasteiger partial charge in [-0.25, -0.2) is 0 Å². The molecule has 2 heterocycles. The number of rotatable bonds is 7. The van der Waals surface area contributed by atoms with Crippen LogP contribution in [0, 0.1) is 11.8 Å². The molecule has 0 spiro atoms. The van der Waals surface area contributed by atoms with E-state index in [1.807, 2.05) is 18.2 Å². The van der Waals surface area contributed by atoms with Crippen LogP contribution in [0.3, 0.4) is 0 Å². The van der Waals surface area contributed by atoms with Gasteiger partial charge in [0.1, 0.15) is 17.0 Å². The van der Waals surface area contributed by atoms with Crippen LogP contribution < -0.4 is 4.74 Å². The number of carboxylic acid groups (broad SMARTS) is 1. The molecule has 190 valence electrons. The number of halogens is 2. The van der Waals surface area contributed by atoms with Crippen molar-refractivity contribution in [1.82, 2.24) is 15.1 Å². The van der Waals surface area contributed by atoms with Crippen LogP contribution in [0.15, 0.2) is 42.0 Å². The van der Waals surface area contributed by atoms with E-state index >= 15 is 0 Å². The minimum absolute atomic E-state index is 0.127. The van der Waals surface area contributed by atoms with Crippen LogP contribution in [-0.2, 0) is 11.2 Å². The molecule has 1 aromatic heterocycles. The van der Waals surface area contributed by atoms with Crippen molar-refractivity contribution in [3.05, 3.63) is 63.8 Å². The quantitative estimate of drug-likeness (QED) is 0.358. The number of hydrogen-bond donors (Lipinski definition) is 2. The molecular weight excluding hydrogens is 497 g/mol. The minimum Gasteiger partial charge on any atom is -0.485 e. The van der Waals surface area contributed by atoms with E-state index in [2.05, 4.69) is 47.1 Å². The largest absolute Gasteiger partial charge is 0.485 e. The number of aliphatic carboxylic acids is 1. The molecule has 0 saturated carbocycles. The van der Waals surface area contributed by atoms with Gasteiger partial charge in [-0.15, -0.1) is 0 Å². The molecule has 1 saturated heterocycles. The summed E-state index contributed by atoms with van der Waals surface area (Å²) >= 11 is 13.1. The van der Waals surface area contributed by atoms with Gasteiger partial charge in [-0.1, -0.05) is 43.1 Å². The molecule has 3 aromatic rings. The lowest BCUT2D eigenvalue weighted by molar-refractivity contribution is -0.143. The summed E-state index contributed by atoms with van der Waals surface area (Å²) in [6, 6.07) is 12.3. The molecule has 1 aliphatic carbocycles. The first-order valence-electron chi connectivity index (χ1n) is 12.6. The van der Waals surface area contributed by atoms with Gasteiger partial charge in [0.25, 0.3) is 0 Å². The van der Waals surface area contributed by atoms with Crippen molar-refractivity contribution in [1.29, 1.82) is 0 Å². The molecule has 1 unspecified atom stereocenters. The summed E-state index contributed by atoms with van der Waals surface area (Å²) in [4.78, 5) is 13.6. The fourth-order valence-electron chi connectivity index (χ4n) is 5.32. The van der Waals surface area contributed by atoms with Gasteiger partial charge in [0.05, 0.1) is 11.4 Å². The van der Waals surface area contributed by atoms with Gasteiger partial charge in [0.2, 0.25) is 0 Å². The molecule has 0 radical (unpaired) electrons. The second-order valence-electron chi connectivity index (χ2n) is 10.2. The Balaban J connectivity index is 1.32. The highest BCUT2D eigenvalue weighted by Crippen LogP contribution is 2.38. The van der Waals surface area contributed by atoms with E-state index in [-0.39, 0.29) is 17.9 Å². The van der Waals surface area contributed by atoms with E-state index in [0.717, 1.165) is 65.3 Å². The lowest BCUT2D eigenvalue weighted by atomic mass is 9.90. The number of benzene rings is 2. The van der Waals surface area contributed by atoms with Crippen LogP contribution in [0.1, 0.15) is 55.9 Å². The summed E-state index contributed by atoms with van der Waals surface area (Å²) in [7, 11) is 0. The number of piperidine rings is 1. The maximum absolute atomic E-state index is 11.2. The van der Waals surface area contributed by atoms with E-state index in [1.54, 1.807) is 0 Å². The Morgan fingerprint density at radius 3 is 2.67 bits per heavy atom. The lowest BCUT2D eigenvalue weighted by Crippen LogP contribution is -2.37. The van der Waals surface area contributed by atoms with Crippen LogP contribution >= 0.6 is 23.2 Å². The van der Waals surface area contributed by atoms with E-state index in [1.165, 1.54) is 11.1 Å². The number of aryl methyl sites for hydroxylation is 1. The molecule has 0 bridgehead atoms. The zero-order valence-electron chi connectivity index (χ0n) is 20.6. The molecular formula is C28H31Cl2N3O3. The maximum atomic E-state index is 11.2. The van der Waals surface area contributed by atoms with Crippen LogP contribution in [-0.4, -0.2) is 45.8 Å². The van der Waals surface area contributed by atoms with Crippen molar-refractivity contribution >= 4 is 45.1 Å². The summed E-state index contributed by atoms with van der Waals surface area (Å²) in [5.74, 6) is 0.186. The smallest absolute Gasteiger partial charge is 0.306 e. The SMILES string of the molecule is CC(C)C(Oc1ccc2c(c1)CCC(CN1CCC(C(=O)O)CC1)=C2Cl)c1ccc2n[nH]c(Cl)c2c1. The van der Waals surface area contributed by atoms with Gasteiger partial charge in [0, 0.05) is 17.0 Å². The van der Waals surface area contributed by atoms with Crippen LogP contribution in [0.4, 0.5) is 0 Å². The summed E-state index contributed by atoms with van der Waals surface area (Å²) in [6.07, 6.45) is 3.09. The van der Waals surface area contributed by atoms with Gasteiger partial charge in [-0.3, -0.25) is 14.8 Å². The number of ether oxygens (including phenoxy) is 1. The van der Waals surface area contributed by atoms with Gasteiger partial charge in [-0.05, 0) is 97.3 Å². The van der Waals surface area contributed by atoms with Crippen molar-refractivity contribution in [2.24, 2.45) is 11.8 Å². The van der Waals surface area contributed by atoms with Crippen LogP contribution in [0.5, 0.6) is 5.75 Å². The van der Waals surface area contributed by atoms with E-state index in [4.69, 9.17) is 27.9 Å². The molecule has 2 aliphatic rings. The summed E-state index contributed by atoms with van der Waals surface area (Å²) < 4.78 is 6.52. The number of likely N-dealkylation sites (tertiary alicyclic amines) is 1. The molecule has 1 atom stereocenters. The number of carbonyl (C=O) groups is 1. The number of H-pyrrole nitrogens is 1. The third kappa shape index (κ3) is 5.13. The second kappa shape index (κ2) is 10.4. The molecule has 8 heteroatoms. The standard InChI is InChI=1S/C28H31Cl2N3O3/c1-16(2)26(19-5-8-24-23(14-19)27(30)32-31-24)36-21-6-7-22-18(13-21)3-4-20(25(22)29)15-33-11-9-17(10-12-33)28(34)35/h5-8,13-14,16-17,26H,3-4,9-12,15H2,1-2H3,(H,31,32)(H,34,35). The fraction of sp³-hybridized carbons (Fsp3) is 0.429. The van der Waals surface area contributed by atoms with Gasteiger partial charge in [-0.2, -0.15) is 5.10 Å². The molecule has 1 fully saturated rings. The van der Waals surface area contributed by atoms with Gasteiger partial charge in [0.15, 0.2) is 0 Å². The molecule has 0 amide bonds. The highest BCUT2D eigenvalue weighted by molar-refractivity contribution is 6.49. The van der Waals surface area contributed by atoms with Crippen LogP contribution in [0.2, 0.25) is 5.15 Å². The Bertz CT molecular complexity index is 1310. The topological polar surface area (TPSA) is 78.4 Å². The third-order valence-corrected chi connectivity index (χ3v) is 8.16.